The molecule has 3 amide bonds. The molecule has 0 aromatic heterocycles. The van der Waals surface area contributed by atoms with Crippen molar-refractivity contribution in [1.29, 1.82) is 0 Å². The van der Waals surface area contributed by atoms with Gasteiger partial charge in [-0.2, -0.15) is 0 Å². The fraction of sp³-hybridized carbons (Fsp3) is 0.500. The number of esters is 1. The molecule has 0 radical (unpaired) electrons. The van der Waals surface area contributed by atoms with E-state index in [4.69, 9.17) is 16.3 Å². The summed E-state index contributed by atoms with van der Waals surface area (Å²) >= 11 is 13.1. The van der Waals surface area contributed by atoms with Crippen molar-refractivity contribution in [3.63, 3.8) is 0 Å². The Morgan fingerprint density at radius 2 is 1.67 bits per heavy atom. The molecule has 2 saturated carbocycles. The molecule has 1 heterocycles. The number of nitrogens with one attached hydrogen (secondary N) is 1. The molecule has 1 aliphatic heterocycles. The Labute approximate surface area is 195 Å². The number of benzene rings is 1. The Hall–Kier alpha value is -1.45. The average Bonchev–Trinajstić information content (AvgIpc) is 3.32. The number of imide groups is 1. The summed E-state index contributed by atoms with van der Waals surface area (Å²) in [6, 6.07) is 5.39. The second-order valence-electron chi connectivity index (χ2n) is 7.89. The van der Waals surface area contributed by atoms with Gasteiger partial charge in [-0.25, -0.2) is 4.79 Å². The van der Waals surface area contributed by atoms with Crippen molar-refractivity contribution >= 4 is 72.8 Å². The molecule has 1 aromatic carbocycles. The van der Waals surface area contributed by atoms with E-state index in [0.29, 0.717) is 10.7 Å². The normalized spacial score (nSPS) is 32.9. The minimum absolute atomic E-state index is 0.0687. The largest absolute Gasteiger partial charge is 0.454 e. The lowest BCUT2D eigenvalue weighted by molar-refractivity contribution is -0.159. The minimum atomic E-state index is -1.08. The summed E-state index contributed by atoms with van der Waals surface area (Å²) in [5.74, 6) is -2.63. The van der Waals surface area contributed by atoms with Gasteiger partial charge in [0.15, 0.2) is 6.61 Å². The fourth-order valence-corrected chi connectivity index (χ4v) is 6.85. The Morgan fingerprint density at radius 1 is 1.13 bits per heavy atom. The number of nitrogens with zero attached hydrogens (tertiary/aromatic N) is 1. The molecule has 2 bridgehead atoms. The highest BCUT2D eigenvalue weighted by atomic mass is 79.9. The number of halogens is 3. The number of fused-ring (bicyclic) bond motifs is 5. The molecule has 10 heteroatoms. The average molecular weight is 563 g/mol. The molecule has 30 heavy (non-hydrogen) atoms. The van der Waals surface area contributed by atoms with E-state index in [9.17, 15) is 19.2 Å². The van der Waals surface area contributed by atoms with Gasteiger partial charge in [-0.1, -0.05) is 43.5 Å². The van der Waals surface area contributed by atoms with Crippen LogP contribution in [-0.2, 0) is 23.9 Å². The summed E-state index contributed by atoms with van der Waals surface area (Å²) in [5, 5.41) is 3.11. The molecule has 1 aromatic rings. The number of ether oxygens (including phenoxy) is 1. The van der Waals surface area contributed by atoms with E-state index < -0.39 is 36.4 Å². The molecular weight excluding hydrogens is 543 g/mol. The lowest BCUT2D eigenvalue weighted by atomic mass is 9.81. The van der Waals surface area contributed by atoms with E-state index >= 15 is 0 Å². The maximum absolute atomic E-state index is 13.0. The first-order valence-corrected chi connectivity index (χ1v) is 11.8. The van der Waals surface area contributed by atoms with Gasteiger partial charge in [-0.05, 0) is 49.4 Å². The molecule has 0 unspecified atom stereocenters. The summed E-state index contributed by atoms with van der Waals surface area (Å²) in [6.07, 6.45) is 0.816. The third kappa shape index (κ3) is 3.58. The summed E-state index contributed by atoms with van der Waals surface area (Å²) in [6.45, 7) is 0.933. The Bertz CT molecular complexity index is 879. The van der Waals surface area contributed by atoms with Crippen molar-refractivity contribution in [2.75, 3.05) is 11.9 Å². The number of hydrogen-bond acceptors (Lipinski definition) is 5. The van der Waals surface area contributed by atoms with E-state index in [0.717, 1.165) is 11.3 Å². The van der Waals surface area contributed by atoms with Crippen LogP contribution in [0.15, 0.2) is 24.3 Å². The topological polar surface area (TPSA) is 92.8 Å². The van der Waals surface area contributed by atoms with Crippen molar-refractivity contribution in [3.05, 3.63) is 29.3 Å². The van der Waals surface area contributed by atoms with Gasteiger partial charge in [0.2, 0.25) is 11.8 Å². The second kappa shape index (κ2) is 8.24. The van der Waals surface area contributed by atoms with Crippen molar-refractivity contribution < 1.29 is 23.9 Å². The van der Waals surface area contributed by atoms with Gasteiger partial charge < -0.3 is 10.1 Å². The SMILES string of the molecule is C[C@H](C(=O)OCC(=O)Nc1ccc(Cl)cc1)N1C(=O)[C@@H]2[C@H]3C[C@@H]([C@H](Br)[C@H]3Br)[C@@H]2C1=O. The molecular formula is C20H19Br2ClN2O5. The lowest BCUT2D eigenvalue weighted by Crippen LogP contribution is -2.45. The predicted octanol–water partition coefficient (Wildman–Crippen LogP) is 2.99. The summed E-state index contributed by atoms with van der Waals surface area (Å²) in [5.41, 5.74) is 0.510. The first kappa shape index (κ1) is 21.8. The van der Waals surface area contributed by atoms with E-state index in [1.807, 2.05) is 0 Å². The molecule has 4 rings (SSSR count). The molecule has 1 N–H and O–H groups in total. The Balaban J connectivity index is 1.36. The van der Waals surface area contributed by atoms with E-state index in [-0.39, 0.29) is 33.3 Å². The zero-order chi connectivity index (χ0) is 21.7. The highest BCUT2D eigenvalue weighted by Gasteiger charge is 2.67. The van der Waals surface area contributed by atoms with Gasteiger partial charge in [-0.3, -0.25) is 19.3 Å². The van der Waals surface area contributed by atoms with Crippen LogP contribution in [0.1, 0.15) is 13.3 Å². The number of alkyl halides is 2. The minimum Gasteiger partial charge on any atom is -0.454 e. The Kier molecular flexibility index (Phi) is 5.98. The first-order valence-electron chi connectivity index (χ1n) is 9.57. The number of amides is 3. The number of anilines is 1. The highest BCUT2D eigenvalue weighted by molar-refractivity contribution is 9.12. The van der Waals surface area contributed by atoms with Crippen molar-refractivity contribution in [2.45, 2.75) is 29.0 Å². The number of rotatable bonds is 5. The maximum Gasteiger partial charge on any atom is 0.329 e. The van der Waals surface area contributed by atoms with Crippen LogP contribution in [-0.4, -0.2) is 50.9 Å². The molecule has 1 saturated heterocycles. The summed E-state index contributed by atoms with van der Waals surface area (Å²) < 4.78 is 5.06. The molecule has 2 aliphatic carbocycles. The van der Waals surface area contributed by atoms with Gasteiger partial charge in [0.25, 0.3) is 5.91 Å². The van der Waals surface area contributed by atoms with Crippen LogP contribution in [0.25, 0.3) is 0 Å². The highest BCUT2D eigenvalue weighted by Crippen LogP contribution is 2.60. The zero-order valence-electron chi connectivity index (χ0n) is 15.9. The number of carbonyl (C=O) groups is 4. The maximum atomic E-state index is 13.0. The number of likely N-dealkylation sites (tertiary alicyclic amines) is 1. The van der Waals surface area contributed by atoms with Crippen LogP contribution in [0, 0.1) is 23.7 Å². The molecule has 160 valence electrons. The van der Waals surface area contributed by atoms with Gasteiger partial charge in [-0.15, -0.1) is 0 Å². The van der Waals surface area contributed by atoms with E-state index in [1.54, 1.807) is 24.3 Å². The standard InChI is InChI=1S/C20H19Br2ClN2O5/c1-8(20(29)30-7-13(26)24-10-4-2-9(23)3-5-10)25-18(27)14-11-6-12(15(14)19(25)28)17(22)16(11)21/h2-5,8,11-12,14-17H,6-7H2,1H3,(H,24,26)/t8-,11-,12-,14-,15+,16+,17+/m1/s1. The van der Waals surface area contributed by atoms with E-state index in [1.165, 1.54) is 6.92 Å². The molecule has 7 atom stereocenters. The first-order chi connectivity index (χ1) is 14.2. The lowest BCUT2D eigenvalue weighted by Gasteiger charge is -2.28. The molecule has 3 fully saturated rings. The van der Waals surface area contributed by atoms with Crippen LogP contribution < -0.4 is 5.32 Å². The fourth-order valence-electron chi connectivity index (χ4n) is 4.85. The zero-order valence-corrected chi connectivity index (χ0v) is 19.8. The molecule has 7 nitrogen and oxygen atoms in total. The van der Waals surface area contributed by atoms with Crippen molar-refractivity contribution in [3.8, 4) is 0 Å². The summed E-state index contributed by atoms with van der Waals surface area (Å²) in [7, 11) is 0. The Morgan fingerprint density at radius 3 is 2.20 bits per heavy atom. The van der Waals surface area contributed by atoms with Crippen molar-refractivity contribution in [2.24, 2.45) is 23.7 Å². The van der Waals surface area contributed by atoms with Crippen LogP contribution >= 0.6 is 43.5 Å². The summed E-state index contributed by atoms with van der Waals surface area (Å²) in [4.78, 5) is 51.7. The van der Waals surface area contributed by atoms with Gasteiger partial charge in [0, 0.05) is 20.4 Å². The molecule has 3 aliphatic rings. The van der Waals surface area contributed by atoms with Crippen LogP contribution in [0.3, 0.4) is 0 Å². The monoisotopic (exact) mass is 560 g/mol. The van der Waals surface area contributed by atoms with Crippen LogP contribution in [0.2, 0.25) is 5.02 Å². The van der Waals surface area contributed by atoms with Gasteiger partial charge in [0.1, 0.15) is 6.04 Å². The number of hydrogen-bond donors (Lipinski definition) is 1. The third-order valence-electron chi connectivity index (χ3n) is 6.22. The second-order valence-corrected chi connectivity index (χ2v) is 10.4. The smallest absolute Gasteiger partial charge is 0.329 e. The third-order valence-corrected chi connectivity index (χ3v) is 9.68. The quantitative estimate of drug-likeness (QED) is 0.339. The van der Waals surface area contributed by atoms with E-state index in [2.05, 4.69) is 37.2 Å². The number of carbonyl (C=O) groups excluding carboxylic acids is 4. The van der Waals surface area contributed by atoms with Crippen LogP contribution in [0.4, 0.5) is 5.69 Å². The van der Waals surface area contributed by atoms with Crippen LogP contribution in [0.5, 0.6) is 0 Å². The van der Waals surface area contributed by atoms with Gasteiger partial charge >= 0.3 is 5.97 Å². The predicted molar refractivity (Wildman–Crippen MR) is 116 cm³/mol. The van der Waals surface area contributed by atoms with Gasteiger partial charge in [0.05, 0.1) is 11.8 Å². The van der Waals surface area contributed by atoms with Crippen molar-refractivity contribution in [1.82, 2.24) is 4.90 Å². The molecule has 0 spiro atoms.